The standard InChI is InChI=1S/C19H27Cl2N3O2/c1-13(16-10-9-14(20)12-17(16)21)23-18(25)8-5-11-22-19(26)24-15-6-3-2-4-7-15/h9-10,12-13,15H,2-8,11H2,1H3,(H,23,25)(H2,22,24,26). The lowest BCUT2D eigenvalue weighted by Gasteiger charge is -2.22. The SMILES string of the molecule is CC(NC(=O)CCCNC(=O)NC1CCCCC1)c1ccc(Cl)cc1Cl. The molecule has 0 radical (unpaired) electrons. The van der Waals surface area contributed by atoms with Crippen molar-refractivity contribution in [2.24, 2.45) is 0 Å². The summed E-state index contributed by atoms with van der Waals surface area (Å²) in [5.41, 5.74) is 0.828. The van der Waals surface area contributed by atoms with Crippen molar-refractivity contribution in [2.75, 3.05) is 6.54 Å². The monoisotopic (exact) mass is 399 g/mol. The third kappa shape index (κ3) is 7.04. The second kappa shape index (κ2) is 10.6. The van der Waals surface area contributed by atoms with E-state index in [1.807, 2.05) is 13.0 Å². The molecule has 1 atom stereocenters. The van der Waals surface area contributed by atoms with Gasteiger partial charge in [0, 0.05) is 29.1 Å². The van der Waals surface area contributed by atoms with E-state index in [0.29, 0.717) is 29.4 Å². The lowest BCUT2D eigenvalue weighted by molar-refractivity contribution is -0.121. The van der Waals surface area contributed by atoms with Gasteiger partial charge >= 0.3 is 6.03 Å². The fraction of sp³-hybridized carbons (Fsp3) is 0.579. The second-order valence-electron chi connectivity index (χ2n) is 6.79. The molecule has 3 N–H and O–H groups in total. The van der Waals surface area contributed by atoms with E-state index in [-0.39, 0.29) is 24.0 Å². The van der Waals surface area contributed by atoms with Gasteiger partial charge in [-0.2, -0.15) is 0 Å². The average molecular weight is 400 g/mol. The molecule has 0 aromatic heterocycles. The molecule has 2 rings (SSSR count). The minimum Gasteiger partial charge on any atom is -0.350 e. The minimum atomic E-state index is -0.199. The second-order valence-corrected chi connectivity index (χ2v) is 7.64. The van der Waals surface area contributed by atoms with E-state index in [9.17, 15) is 9.59 Å². The first-order valence-electron chi connectivity index (χ1n) is 9.24. The van der Waals surface area contributed by atoms with E-state index in [1.54, 1.807) is 12.1 Å². The summed E-state index contributed by atoms with van der Waals surface area (Å²) in [7, 11) is 0. The number of hydrogen-bond donors (Lipinski definition) is 3. The molecule has 1 unspecified atom stereocenters. The van der Waals surface area contributed by atoms with Crippen LogP contribution in [0.3, 0.4) is 0 Å². The molecule has 7 heteroatoms. The first-order valence-corrected chi connectivity index (χ1v) is 10.00. The fourth-order valence-electron chi connectivity index (χ4n) is 3.18. The molecule has 1 fully saturated rings. The average Bonchev–Trinajstić information content (AvgIpc) is 2.59. The number of hydrogen-bond acceptors (Lipinski definition) is 2. The molecule has 0 bridgehead atoms. The van der Waals surface area contributed by atoms with Gasteiger partial charge in [0.1, 0.15) is 0 Å². The maximum atomic E-state index is 12.1. The number of carbonyl (C=O) groups excluding carboxylic acids is 2. The molecule has 5 nitrogen and oxygen atoms in total. The molecule has 0 heterocycles. The van der Waals surface area contributed by atoms with Crippen LogP contribution in [0.5, 0.6) is 0 Å². The smallest absolute Gasteiger partial charge is 0.315 e. The Hall–Kier alpha value is -1.46. The van der Waals surface area contributed by atoms with Gasteiger partial charge in [-0.1, -0.05) is 48.5 Å². The van der Waals surface area contributed by atoms with E-state index >= 15 is 0 Å². The third-order valence-electron chi connectivity index (χ3n) is 4.61. The van der Waals surface area contributed by atoms with Crippen LogP contribution < -0.4 is 16.0 Å². The number of urea groups is 1. The number of benzene rings is 1. The lowest BCUT2D eigenvalue weighted by Crippen LogP contribution is -2.43. The maximum Gasteiger partial charge on any atom is 0.315 e. The van der Waals surface area contributed by atoms with E-state index in [2.05, 4.69) is 16.0 Å². The molecular formula is C19H27Cl2N3O2. The van der Waals surface area contributed by atoms with E-state index in [1.165, 1.54) is 19.3 Å². The van der Waals surface area contributed by atoms with Crippen molar-refractivity contribution in [2.45, 2.75) is 64.0 Å². The highest BCUT2D eigenvalue weighted by Crippen LogP contribution is 2.26. The van der Waals surface area contributed by atoms with Crippen molar-refractivity contribution in [3.05, 3.63) is 33.8 Å². The molecular weight excluding hydrogens is 373 g/mol. The van der Waals surface area contributed by atoms with Crippen LogP contribution in [0.25, 0.3) is 0 Å². The van der Waals surface area contributed by atoms with Crippen LogP contribution in [0.15, 0.2) is 18.2 Å². The zero-order chi connectivity index (χ0) is 18.9. The zero-order valence-corrected chi connectivity index (χ0v) is 16.6. The predicted molar refractivity (Wildman–Crippen MR) is 106 cm³/mol. The summed E-state index contributed by atoms with van der Waals surface area (Å²) in [5.74, 6) is -0.0713. The van der Waals surface area contributed by atoms with Crippen LogP contribution in [0.4, 0.5) is 4.79 Å². The van der Waals surface area contributed by atoms with Crippen LogP contribution in [0.2, 0.25) is 10.0 Å². The summed E-state index contributed by atoms with van der Waals surface area (Å²) in [6, 6.07) is 5.17. The maximum absolute atomic E-state index is 12.1. The Bertz CT molecular complexity index is 619. The molecule has 1 aromatic carbocycles. The van der Waals surface area contributed by atoms with E-state index < -0.39 is 0 Å². The van der Waals surface area contributed by atoms with Crippen molar-refractivity contribution in [3.63, 3.8) is 0 Å². The summed E-state index contributed by atoms with van der Waals surface area (Å²) < 4.78 is 0. The van der Waals surface area contributed by atoms with Crippen molar-refractivity contribution >= 4 is 35.1 Å². The molecule has 144 valence electrons. The summed E-state index contributed by atoms with van der Waals surface area (Å²) in [6.45, 7) is 2.35. The highest BCUT2D eigenvalue weighted by atomic mass is 35.5. The Morgan fingerprint density at radius 2 is 1.92 bits per heavy atom. The predicted octanol–water partition coefficient (Wildman–Crippen LogP) is 4.58. The van der Waals surface area contributed by atoms with Crippen molar-refractivity contribution in [1.82, 2.24) is 16.0 Å². The van der Waals surface area contributed by atoms with Crippen molar-refractivity contribution in [3.8, 4) is 0 Å². The Labute approximate surface area is 165 Å². The quantitative estimate of drug-likeness (QED) is 0.587. The van der Waals surface area contributed by atoms with Gasteiger partial charge in [0.15, 0.2) is 0 Å². The molecule has 1 aromatic rings. The largest absolute Gasteiger partial charge is 0.350 e. The molecule has 1 saturated carbocycles. The van der Waals surface area contributed by atoms with Crippen molar-refractivity contribution in [1.29, 1.82) is 0 Å². The number of nitrogens with one attached hydrogen (secondary N) is 3. The van der Waals surface area contributed by atoms with Gasteiger partial charge < -0.3 is 16.0 Å². The highest BCUT2D eigenvalue weighted by molar-refractivity contribution is 6.35. The van der Waals surface area contributed by atoms with E-state index in [4.69, 9.17) is 23.2 Å². The Kier molecular flexibility index (Phi) is 8.52. The first kappa shape index (κ1) is 20.8. The Morgan fingerprint density at radius 1 is 1.19 bits per heavy atom. The van der Waals surface area contributed by atoms with Crippen LogP contribution in [-0.4, -0.2) is 24.5 Å². The molecule has 0 aliphatic heterocycles. The van der Waals surface area contributed by atoms with Gasteiger partial charge in [0.2, 0.25) is 5.91 Å². The third-order valence-corrected chi connectivity index (χ3v) is 5.18. The molecule has 1 aliphatic rings. The van der Waals surface area contributed by atoms with Crippen LogP contribution in [-0.2, 0) is 4.79 Å². The number of halogens is 2. The normalized spacial score (nSPS) is 16.0. The Balaban J connectivity index is 1.63. The summed E-state index contributed by atoms with van der Waals surface area (Å²) in [4.78, 5) is 23.9. The molecule has 26 heavy (non-hydrogen) atoms. The minimum absolute atomic E-state index is 0.0713. The topological polar surface area (TPSA) is 70.2 Å². The van der Waals surface area contributed by atoms with Gasteiger partial charge in [-0.15, -0.1) is 0 Å². The van der Waals surface area contributed by atoms with Crippen molar-refractivity contribution < 1.29 is 9.59 Å². The molecule has 3 amide bonds. The summed E-state index contributed by atoms with van der Waals surface area (Å²) in [6.07, 6.45) is 6.67. The number of rotatable bonds is 7. The number of amides is 3. The molecule has 0 saturated heterocycles. The fourth-order valence-corrected chi connectivity index (χ4v) is 3.75. The van der Waals surface area contributed by atoms with E-state index in [0.717, 1.165) is 18.4 Å². The van der Waals surface area contributed by atoms with Crippen LogP contribution >= 0.6 is 23.2 Å². The van der Waals surface area contributed by atoms with Crippen LogP contribution in [0.1, 0.15) is 63.5 Å². The van der Waals surface area contributed by atoms with Gasteiger partial charge in [-0.3, -0.25) is 4.79 Å². The zero-order valence-electron chi connectivity index (χ0n) is 15.1. The molecule has 1 aliphatic carbocycles. The van der Waals surface area contributed by atoms with Gasteiger partial charge in [-0.05, 0) is 43.9 Å². The summed E-state index contributed by atoms with van der Waals surface area (Å²) in [5, 5.41) is 9.83. The lowest BCUT2D eigenvalue weighted by atomic mass is 9.96. The number of carbonyl (C=O) groups is 2. The highest BCUT2D eigenvalue weighted by Gasteiger charge is 2.16. The molecule has 0 spiro atoms. The van der Waals surface area contributed by atoms with Gasteiger partial charge in [0.25, 0.3) is 0 Å². The Morgan fingerprint density at radius 3 is 2.62 bits per heavy atom. The van der Waals surface area contributed by atoms with Crippen LogP contribution in [0, 0.1) is 0 Å². The summed E-state index contributed by atoms with van der Waals surface area (Å²) >= 11 is 12.0. The van der Waals surface area contributed by atoms with Gasteiger partial charge in [0.05, 0.1) is 6.04 Å². The van der Waals surface area contributed by atoms with Gasteiger partial charge in [-0.25, -0.2) is 4.79 Å². The first-order chi connectivity index (χ1) is 12.5.